The Balaban J connectivity index is 2.65. The van der Waals surface area contributed by atoms with Gasteiger partial charge in [-0.05, 0) is 25.3 Å². The van der Waals surface area contributed by atoms with Crippen molar-refractivity contribution in [2.45, 2.75) is 73.9 Å². The fourth-order valence-electron chi connectivity index (χ4n) is 2.05. The maximum atomic E-state index is 12.3. The van der Waals surface area contributed by atoms with Crippen molar-refractivity contribution in [3.63, 3.8) is 0 Å². The van der Waals surface area contributed by atoms with E-state index in [9.17, 15) is 14.4 Å². The molecular formula is C20H30O9. The second kappa shape index (κ2) is 8.86. The van der Waals surface area contributed by atoms with Crippen LogP contribution in [0.2, 0.25) is 0 Å². The first-order valence-electron chi connectivity index (χ1n) is 9.09. The summed E-state index contributed by atoms with van der Waals surface area (Å²) in [4.78, 5) is 45.1. The van der Waals surface area contributed by atoms with Crippen molar-refractivity contribution in [1.29, 1.82) is 0 Å². The standard InChI is InChI=1S/C20H30O9/c1-12(10-14(21)13(2)16-27-28-16)15(22)25-19(6,7)29-20(8,9)26-17(23)24-11-18(3,4)5/h10H,11H2,1-9H3/b12-10+. The molecule has 0 spiro atoms. The van der Waals surface area contributed by atoms with E-state index in [1.165, 1.54) is 41.5 Å². The molecule has 1 fully saturated rings. The number of allylic oxidation sites excluding steroid dienone is 2. The van der Waals surface area contributed by atoms with Crippen LogP contribution in [0.1, 0.15) is 62.3 Å². The van der Waals surface area contributed by atoms with Crippen LogP contribution >= 0.6 is 0 Å². The molecule has 0 saturated carbocycles. The van der Waals surface area contributed by atoms with Gasteiger partial charge in [0, 0.05) is 33.3 Å². The van der Waals surface area contributed by atoms with E-state index < -0.39 is 29.5 Å². The largest absolute Gasteiger partial charge is 0.510 e. The van der Waals surface area contributed by atoms with Gasteiger partial charge < -0.3 is 14.2 Å². The van der Waals surface area contributed by atoms with Crippen LogP contribution in [0, 0.1) is 5.41 Å². The van der Waals surface area contributed by atoms with Gasteiger partial charge in [0.05, 0.1) is 12.2 Å². The zero-order valence-corrected chi connectivity index (χ0v) is 18.5. The Hall–Kier alpha value is -2.55. The van der Waals surface area contributed by atoms with Crippen LogP contribution in [0.25, 0.3) is 0 Å². The Labute approximate surface area is 170 Å². The molecule has 1 saturated heterocycles. The smallest absolute Gasteiger partial charge is 0.434 e. The van der Waals surface area contributed by atoms with Gasteiger partial charge in [-0.25, -0.2) is 19.4 Å². The Morgan fingerprint density at radius 3 is 1.90 bits per heavy atom. The Morgan fingerprint density at radius 1 is 0.897 bits per heavy atom. The van der Waals surface area contributed by atoms with E-state index in [2.05, 4.69) is 9.78 Å². The molecule has 0 aliphatic carbocycles. The fourth-order valence-corrected chi connectivity index (χ4v) is 2.05. The maximum Gasteiger partial charge on any atom is 0.510 e. The second-order valence-corrected chi connectivity index (χ2v) is 8.76. The summed E-state index contributed by atoms with van der Waals surface area (Å²) in [5, 5.41) is 0. The van der Waals surface area contributed by atoms with E-state index in [1.807, 2.05) is 20.8 Å². The Kier molecular flexibility index (Phi) is 7.48. The lowest BCUT2D eigenvalue weighted by Gasteiger charge is -2.34. The van der Waals surface area contributed by atoms with Crippen LogP contribution in [0.4, 0.5) is 4.79 Å². The molecule has 0 aromatic heterocycles. The summed E-state index contributed by atoms with van der Waals surface area (Å²) in [5.74, 6) is -4.00. The van der Waals surface area contributed by atoms with Gasteiger partial charge in [0.2, 0.25) is 11.6 Å². The Bertz CT molecular complexity index is 715. The van der Waals surface area contributed by atoms with E-state index >= 15 is 0 Å². The molecule has 0 unspecified atom stereocenters. The number of hydrogen-bond acceptors (Lipinski definition) is 9. The predicted octanol–water partition coefficient (Wildman–Crippen LogP) is 3.93. The number of ether oxygens (including phenoxy) is 4. The molecule has 1 heterocycles. The van der Waals surface area contributed by atoms with Crippen molar-refractivity contribution < 1.29 is 43.1 Å². The summed E-state index contributed by atoms with van der Waals surface area (Å²) in [6.07, 6.45) is 0.207. The van der Waals surface area contributed by atoms with E-state index in [0.29, 0.717) is 0 Å². The topological polar surface area (TPSA) is 113 Å². The number of hydrogen-bond donors (Lipinski definition) is 0. The van der Waals surface area contributed by atoms with Gasteiger partial charge in [-0.2, -0.15) is 0 Å². The van der Waals surface area contributed by atoms with Gasteiger partial charge >= 0.3 is 18.1 Å². The van der Waals surface area contributed by atoms with E-state index in [1.54, 1.807) is 0 Å². The lowest BCUT2D eigenvalue weighted by atomic mass is 9.99. The second-order valence-electron chi connectivity index (χ2n) is 8.76. The normalized spacial score (nSPS) is 14.4. The van der Waals surface area contributed by atoms with Crippen molar-refractivity contribution in [2.24, 2.45) is 5.41 Å². The molecule has 0 radical (unpaired) electrons. The van der Waals surface area contributed by atoms with Crippen molar-refractivity contribution in [3.8, 4) is 0 Å². The van der Waals surface area contributed by atoms with Crippen LogP contribution in [-0.4, -0.2) is 36.1 Å². The zero-order valence-electron chi connectivity index (χ0n) is 18.5. The maximum absolute atomic E-state index is 12.3. The minimum absolute atomic E-state index is 0.0515. The van der Waals surface area contributed by atoms with Gasteiger partial charge in [0.1, 0.15) is 0 Å². The highest BCUT2D eigenvalue weighted by atomic mass is 17.4. The van der Waals surface area contributed by atoms with Crippen LogP contribution in [-0.2, 0) is 38.3 Å². The highest BCUT2D eigenvalue weighted by Gasteiger charge is 2.36. The molecule has 0 N–H and O–H groups in total. The van der Waals surface area contributed by atoms with Crippen molar-refractivity contribution in [3.05, 3.63) is 23.2 Å². The fraction of sp³-hybridized carbons (Fsp3) is 0.650. The monoisotopic (exact) mass is 414 g/mol. The Morgan fingerprint density at radius 2 is 1.41 bits per heavy atom. The van der Waals surface area contributed by atoms with Gasteiger partial charge in [-0.1, -0.05) is 20.8 Å². The van der Waals surface area contributed by atoms with Crippen LogP contribution in [0.15, 0.2) is 23.2 Å². The van der Waals surface area contributed by atoms with Gasteiger partial charge in [-0.15, -0.1) is 0 Å². The molecule has 9 heteroatoms. The highest BCUT2D eigenvalue weighted by molar-refractivity contribution is 6.08. The summed E-state index contributed by atoms with van der Waals surface area (Å²) < 4.78 is 21.1. The molecule has 0 amide bonds. The molecule has 1 aliphatic rings. The lowest BCUT2D eigenvalue weighted by molar-refractivity contribution is -0.309. The third-order valence-electron chi connectivity index (χ3n) is 3.29. The minimum atomic E-state index is -1.46. The van der Waals surface area contributed by atoms with Crippen molar-refractivity contribution >= 4 is 17.9 Å². The molecule has 0 atom stereocenters. The molecule has 1 rings (SSSR count). The third kappa shape index (κ3) is 9.47. The van der Waals surface area contributed by atoms with Crippen molar-refractivity contribution in [2.75, 3.05) is 6.61 Å². The van der Waals surface area contributed by atoms with E-state index in [4.69, 9.17) is 18.9 Å². The molecule has 1 aliphatic heterocycles. The lowest BCUT2D eigenvalue weighted by Crippen LogP contribution is -2.43. The van der Waals surface area contributed by atoms with Gasteiger partial charge in [0.25, 0.3) is 0 Å². The molecule has 164 valence electrons. The number of esters is 1. The van der Waals surface area contributed by atoms with E-state index in [-0.39, 0.29) is 29.1 Å². The predicted molar refractivity (Wildman–Crippen MR) is 101 cm³/mol. The summed E-state index contributed by atoms with van der Waals surface area (Å²) in [7, 11) is 0. The third-order valence-corrected chi connectivity index (χ3v) is 3.29. The van der Waals surface area contributed by atoms with E-state index in [0.717, 1.165) is 6.08 Å². The van der Waals surface area contributed by atoms with Gasteiger partial charge in [-0.3, -0.25) is 9.53 Å². The first-order valence-corrected chi connectivity index (χ1v) is 9.09. The number of carbonyl (C=O) groups is 3. The quantitative estimate of drug-likeness (QED) is 0.192. The summed E-state index contributed by atoms with van der Waals surface area (Å²) >= 11 is 0. The average Bonchev–Trinajstić information content (AvgIpc) is 3.33. The number of ketones is 1. The van der Waals surface area contributed by atoms with Crippen LogP contribution < -0.4 is 0 Å². The van der Waals surface area contributed by atoms with Crippen LogP contribution in [0.3, 0.4) is 0 Å². The molecular weight excluding hydrogens is 384 g/mol. The number of carbonyl (C=O) groups excluding carboxylic acids is 3. The molecule has 0 bridgehead atoms. The molecule has 9 nitrogen and oxygen atoms in total. The summed E-state index contributed by atoms with van der Waals surface area (Å²) in [6, 6.07) is 0. The molecule has 29 heavy (non-hydrogen) atoms. The first kappa shape index (κ1) is 24.5. The highest BCUT2D eigenvalue weighted by Crippen LogP contribution is 2.26. The average molecular weight is 414 g/mol. The molecule has 0 aromatic carbocycles. The van der Waals surface area contributed by atoms with Crippen molar-refractivity contribution in [1.82, 2.24) is 0 Å². The molecule has 0 aromatic rings. The van der Waals surface area contributed by atoms with Gasteiger partial charge in [0.15, 0.2) is 5.78 Å². The SMILES string of the molecule is CC(C(=O)/C=C(\C)C(=O)OC(C)(C)OC(C)(C)OC(=O)OCC(C)(C)C)=C1OO1. The first-order chi connectivity index (χ1) is 13.0. The van der Waals surface area contributed by atoms with Crippen LogP contribution in [0.5, 0.6) is 0 Å². The zero-order chi connectivity index (χ0) is 22.6. The summed E-state index contributed by atoms with van der Waals surface area (Å²) in [6.45, 7) is 14.8. The number of rotatable bonds is 8. The minimum Gasteiger partial charge on any atom is -0.434 e. The summed E-state index contributed by atoms with van der Waals surface area (Å²) in [5.41, 5.74) is 0.0677.